The molecule has 84 valence electrons. The van der Waals surface area contributed by atoms with Crippen molar-refractivity contribution in [2.24, 2.45) is 0 Å². The van der Waals surface area contributed by atoms with Gasteiger partial charge in [0.1, 0.15) is 5.01 Å². The first kappa shape index (κ1) is 10.8. The number of hydrogen-bond acceptors (Lipinski definition) is 5. The van der Waals surface area contributed by atoms with E-state index in [2.05, 4.69) is 15.5 Å². The normalized spacial score (nSPS) is 21.5. The minimum Gasteiger partial charge on any atom is -0.378 e. The summed E-state index contributed by atoms with van der Waals surface area (Å²) in [5, 5.41) is 13.2. The molecule has 4 nitrogen and oxygen atoms in total. The van der Waals surface area contributed by atoms with E-state index < -0.39 is 0 Å². The molecule has 5 heteroatoms. The Kier molecular flexibility index (Phi) is 3.91. The van der Waals surface area contributed by atoms with Gasteiger partial charge < -0.3 is 10.1 Å². The molecular formula is C10H17N3OS. The van der Waals surface area contributed by atoms with Gasteiger partial charge in [0.2, 0.25) is 5.13 Å². The average molecular weight is 227 g/mol. The number of hydrogen-bond donors (Lipinski definition) is 1. The van der Waals surface area contributed by atoms with Crippen LogP contribution >= 0.6 is 11.3 Å². The van der Waals surface area contributed by atoms with Gasteiger partial charge in [-0.2, -0.15) is 0 Å². The van der Waals surface area contributed by atoms with Crippen molar-refractivity contribution in [1.82, 2.24) is 10.2 Å². The predicted octanol–water partition coefficient (Wildman–Crippen LogP) is 2.22. The van der Waals surface area contributed by atoms with E-state index in [4.69, 9.17) is 4.74 Å². The van der Waals surface area contributed by atoms with Crippen LogP contribution in [0.3, 0.4) is 0 Å². The highest BCUT2D eigenvalue weighted by molar-refractivity contribution is 7.15. The van der Waals surface area contributed by atoms with Gasteiger partial charge in [0, 0.05) is 13.2 Å². The number of ether oxygens (including phenoxy) is 1. The minimum absolute atomic E-state index is 0.445. The lowest BCUT2D eigenvalue weighted by Gasteiger charge is -2.22. The molecule has 15 heavy (non-hydrogen) atoms. The van der Waals surface area contributed by atoms with Crippen LogP contribution in [0.15, 0.2) is 0 Å². The molecule has 0 bridgehead atoms. The molecule has 0 spiro atoms. The molecule has 0 aromatic carbocycles. The Labute approximate surface area is 94.1 Å². The fourth-order valence-electron chi connectivity index (χ4n) is 1.74. The lowest BCUT2D eigenvalue weighted by molar-refractivity contribution is 0.0134. The number of nitrogens with one attached hydrogen (secondary N) is 1. The molecule has 1 fully saturated rings. The fraction of sp³-hybridized carbons (Fsp3) is 0.800. The number of rotatable bonds is 4. The highest BCUT2D eigenvalue weighted by Gasteiger charge is 2.13. The summed E-state index contributed by atoms with van der Waals surface area (Å²) in [4.78, 5) is 0. The van der Waals surface area contributed by atoms with Gasteiger partial charge in [-0.25, -0.2) is 0 Å². The molecule has 1 atom stereocenters. The second-order valence-corrected chi connectivity index (χ2v) is 5.01. The van der Waals surface area contributed by atoms with Crippen LogP contribution in [0.5, 0.6) is 0 Å². The number of nitrogens with zero attached hydrogens (tertiary/aromatic N) is 2. The maximum atomic E-state index is 5.65. The Hall–Kier alpha value is -0.680. The van der Waals surface area contributed by atoms with Crippen LogP contribution < -0.4 is 5.32 Å². The first-order valence-electron chi connectivity index (χ1n) is 5.50. The summed E-state index contributed by atoms with van der Waals surface area (Å²) in [6.07, 6.45) is 5.25. The van der Waals surface area contributed by atoms with Crippen LogP contribution in [-0.2, 0) is 4.74 Å². The second-order valence-electron chi connectivity index (χ2n) is 3.83. The third-order valence-corrected chi connectivity index (χ3v) is 3.34. The maximum Gasteiger partial charge on any atom is 0.205 e. The van der Waals surface area contributed by atoms with Crippen LogP contribution in [0.2, 0.25) is 0 Å². The Morgan fingerprint density at radius 2 is 2.40 bits per heavy atom. The summed E-state index contributed by atoms with van der Waals surface area (Å²) >= 11 is 1.60. The Morgan fingerprint density at radius 1 is 1.47 bits per heavy atom. The third-order valence-electron chi connectivity index (χ3n) is 2.54. The third kappa shape index (κ3) is 3.43. The highest BCUT2D eigenvalue weighted by Crippen LogP contribution is 2.17. The van der Waals surface area contributed by atoms with E-state index in [9.17, 15) is 0 Å². The van der Waals surface area contributed by atoms with Crippen molar-refractivity contribution >= 4 is 16.5 Å². The molecule has 1 unspecified atom stereocenters. The largest absolute Gasteiger partial charge is 0.378 e. The van der Waals surface area contributed by atoms with Crippen LogP contribution in [-0.4, -0.2) is 29.5 Å². The monoisotopic (exact) mass is 227 g/mol. The molecule has 1 saturated heterocycles. The molecule has 2 rings (SSSR count). The van der Waals surface area contributed by atoms with Gasteiger partial charge in [0.15, 0.2) is 0 Å². The molecule has 0 aliphatic carbocycles. The van der Waals surface area contributed by atoms with Crippen molar-refractivity contribution in [2.45, 2.75) is 38.7 Å². The zero-order chi connectivity index (χ0) is 10.5. The molecule has 0 saturated carbocycles. The second kappa shape index (κ2) is 5.42. The standard InChI is InChI=1S/C10H17N3OS/c1-8-12-13-10(15-8)11-6-5-9-4-2-3-7-14-9/h9H,2-7H2,1H3,(H,11,13). The van der Waals surface area contributed by atoms with Gasteiger partial charge in [-0.3, -0.25) is 0 Å². The number of anilines is 1. The zero-order valence-corrected chi connectivity index (χ0v) is 9.85. The van der Waals surface area contributed by atoms with Gasteiger partial charge >= 0.3 is 0 Å². The Bertz CT molecular complexity index is 297. The molecule has 1 aliphatic heterocycles. The van der Waals surface area contributed by atoms with E-state index in [1.54, 1.807) is 11.3 Å². The lowest BCUT2D eigenvalue weighted by Crippen LogP contribution is -2.21. The van der Waals surface area contributed by atoms with E-state index >= 15 is 0 Å². The lowest BCUT2D eigenvalue weighted by atomic mass is 10.1. The van der Waals surface area contributed by atoms with E-state index in [-0.39, 0.29) is 0 Å². The number of aromatic nitrogens is 2. The molecule has 1 N–H and O–H groups in total. The Balaban J connectivity index is 1.65. The summed E-state index contributed by atoms with van der Waals surface area (Å²) in [5.74, 6) is 0. The first-order chi connectivity index (χ1) is 7.34. The fourth-order valence-corrected chi connectivity index (χ4v) is 2.36. The SMILES string of the molecule is Cc1nnc(NCCC2CCCCO2)s1. The number of aryl methyl sites for hydroxylation is 1. The van der Waals surface area contributed by atoms with Gasteiger partial charge in [-0.1, -0.05) is 11.3 Å². The van der Waals surface area contributed by atoms with Gasteiger partial charge in [0.05, 0.1) is 6.10 Å². The zero-order valence-electron chi connectivity index (χ0n) is 9.03. The average Bonchev–Trinajstić information content (AvgIpc) is 2.66. The van der Waals surface area contributed by atoms with Gasteiger partial charge in [0.25, 0.3) is 0 Å². The highest BCUT2D eigenvalue weighted by atomic mass is 32.1. The summed E-state index contributed by atoms with van der Waals surface area (Å²) < 4.78 is 5.65. The van der Waals surface area contributed by atoms with Crippen LogP contribution in [0.1, 0.15) is 30.7 Å². The predicted molar refractivity (Wildman–Crippen MR) is 61.3 cm³/mol. The smallest absolute Gasteiger partial charge is 0.205 e. The van der Waals surface area contributed by atoms with Crippen molar-refractivity contribution in [1.29, 1.82) is 0 Å². The summed E-state index contributed by atoms with van der Waals surface area (Å²) in [6.45, 7) is 3.83. The first-order valence-corrected chi connectivity index (χ1v) is 6.32. The van der Waals surface area contributed by atoms with Crippen molar-refractivity contribution in [3.63, 3.8) is 0 Å². The Morgan fingerprint density at radius 3 is 3.07 bits per heavy atom. The van der Waals surface area contributed by atoms with Crippen molar-refractivity contribution < 1.29 is 4.74 Å². The molecule has 1 aliphatic rings. The molecule has 0 radical (unpaired) electrons. The molecule has 0 amide bonds. The summed E-state index contributed by atoms with van der Waals surface area (Å²) in [6, 6.07) is 0. The van der Waals surface area contributed by atoms with E-state index in [0.717, 1.165) is 29.7 Å². The minimum atomic E-state index is 0.445. The molecule has 1 aromatic rings. The van der Waals surface area contributed by atoms with E-state index in [1.807, 2.05) is 6.92 Å². The van der Waals surface area contributed by atoms with Crippen molar-refractivity contribution in [2.75, 3.05) is 18.5 Å². The van der Waals surface area contributed by atoms with Crippen molar-refractivity contribution in [3.05, 3.63) is 5.01 Å². The van der Waals surface area contributed by atoms with E-state index in [0.29, 0.717) is 6.10 Å². The topological polar surface area (TPSA) is 47.0 Å². The quantitative estimate of drug-likeness (QED) is 0.856. The van der Waals surface area contributed by atoms with Gasteiger partial charge in [-0.05, 0) is 32.6 Å². The molecule has 1 aromatic heterocycles. The van der Waals surface area contributed by atoms with Crippen molar-refractivity contribution in [3.8, 4) is 0 Å². The molecular weight excluding hydrogens is 210 g/mol. The van der Waals surface area contributed by atoms with Crippen LogP contribution in [0, 0.1) is 6.92 Å². The van der Waals surface area contributed by atoms with Gasteiger partial charge in [-0.15, -0.1) is 10.2 Å². The van der Waals surface area contributed by atoms with Crippen LogP contribution in [0.4, 0.5) is 5.13 Å². The van der Waals surface area contributed by atoms with Crippen LogP contribution in [0.25, 0.3) is 0 Å². The molecule has 2 heterocycles. The maximum absolute atomic E-state index is 5.65. The summed E-state index contributed by atoms with van der Waals surface area (Å²) in [7, 11) is 0. The summed E-state index contributed by atoms with van der Waals surface area (Å²) in [5.41, 5.74) is 0. The van der Waals surface area contributed by atoms with E-state index in [1.165, 1.54) is 19.3 Å².